The van der Waals surface area contributed by atoms with Crippen molar-refractivity contribution in [3.8, 4) is 0 Å². The molecule has 0 amide bonds. The minimum absolute atomic E-state index is 0.279. The SMILES string of the molecule is CCNC(=NCC(C)N1CCc2ccccc2C1)NC(C)Cc1c(C)nn(C)c1C. The van der Waals surface area contributed by atoms with E-state index < -0.39 is 0 Å². The summed E-state index contributed by atoms with van der Waals surface area (Å²) in [5, 5.41) is 11.5. The molecule has 0 aliphatic carbocycles. The Labute approximate surface area is 181 Å². The van der Waals surface area contributed by atoms with Crippen LogP contribution in [0.25, 0.3) is 0 Å². The molecule has 2 N–H and O–H groups in total. The van der Waals surface area contributed by atoms with E-state index in [-0.39, 0.29) is 6.04 Å². The van der Waals surface area contributed by atoms with Gasteiger partial charge in [-0.05, 0) is 64.2 Å². The van der Waals surface area contributed by atoms with Gasteiger partial charge in [-0.2, -0.15) is 5.10 Å². The lowest BCUT2D eigenvalue weighted by molar-refractivity contribution is 0.195. The van der Waals surface area contributed by atoms with Crippen LogP contribution in [0.3, 0.4) is 0 Å². The molecule has 0 spiro atoms. The third kappa shape index (κ3) is 5.42. The lowest BCUT2D eigenvalue weighted by Crippen LogP contribution is -2.44. The maximum atomic E-state index is 4.91. The highest BCUT2D eigenvalue weighted by atomic mass is 15.3. The molecule has 2 heterocycles. The molecule has 0 saturated heterocycles. The van der Waals surface area contributed by atoms with Crippen molar-refractivity contribution in [1.29, 1.82) is 0 Å². The summed E-state index contributed by atoms with van der Waals surface area (Å²) in [6, 6.07) is 9.49. The Bertz CT molecular complexity index is 869. The molecular weight excluding hydrogens is 372 g/mol. The highest BCUT2D eigenvalue weighted by molar-refractivity contribution is 5.80. The van der Waals surface area contributed by atoms with E-state index in [1.165, 1.54) is 22.4 Å². The van der Waals surface area contributed by atoms with E-state index in [0.29, 0.717) is 6.04 Å². The van der Waals surface area contributed by atoms with Crippen LogP contribution in [0.2, 0.25) is 0 Å². The van der Waals surface area contributed by atoms with E-state index >= 15 is 0 Å². The zero-order valence-corrected chi connectivity index (χ0v) is 19.5. The molecule has 1 aromatic heterocycles. The van der Waals surface area contributed by atoms with E-state index in [0.717, 1.165) is 50.7 Å². The Morgan fingerprint density at radius 3 is 2.60 bits per heavy atom. The van der Waals surface area contributed by atoms with Gasteiger partial charge >= 0.3 is 0 Å². The highest BCUT2D eigenvalue weighted by Crippen LogP contribution is 2.20. The van der Waals surface area contributed by atoms with Crippen LogP contribution in [0, 0.1) is 13.8 Å². The molecule has 3 rings (SSSR count). The molecule has 30 heavy (non-hydrogen) atoms. The largest absolute Gasteiger partial charge is 0.357 e. The summed E-state index contributed by atoms with van der Waals surface area (Å²) in [4.78, 5) is 7.45. The Hall–Kier alpha value is -2.34. The molecule has 6 nitrogen and oxygen atoms in total. The number of benzene rings is 1. The van der Waals surface area contributed by atoms with Gasteiger partial charge in [0.25, 0.3) is 0 Å². The Morgan fingerprint density at radius 1 is 1.20 bits per heavy atom. The number of guanidine groups is 1. The van der Waals surface area contributed by atoms with Crippen molar-refractivity contribution in [1.82, 2.24) is 25.3 Å². The second kappa shape index (κ2) is 10.1. The number of aromatic nitrogens is 2. The van der Waals surface area contributed by atoms with E-state index in [1.807, 2.05) is 11.7 Å². The van der Waals surface area contributed by atoms with Crippen LogP contribution in [0.15, 0.2) is 29.3 Å². The first-order chi connectivity index (χ1) is 14.4. The number of fused-ring (bicyclic) bond motifs is 1. The van der Waals surface area contributed by atoms with Crippen LogP contribution in [-0.4, -0.2) is 52.4 Å². The monoisotopic (exact) mass is 410 g/mol. The van der Waals surface area contributed by atoms with Gasteiger partial charge in [0.1, 0.15) is 0 Å². The molecular formula is C24H38N6. The third-order valence-corrected chi connectivity index (χ3v) is 6.19. The number of rotatable bonds is 7. The lowest BCUT2D eigenvalue weighted by atomic mass is 9.99. The van der Waals surface area contributed by atoms with Crippen molar-refractivity contribution in [2.75, 3.05) is 19.6 Å². The summed E-state index contributed by atoms with van der Waals surface area (Å²) in [7, 11) is 2.01. The predicted octanol–water partition coefficient (Wildman–Crippen LogP) is 2.97. The van der Waals surface area contributed by atoms with Gasteiger partial charge in [0.2, 0.25) is 0 Å². The smallest absolute Gasteiger partial charge is 0.191 e. The molecule has 1 aliphatic heterocycles. The Balaban J connectivity index is 1.58. The first kappa shape index (κ1) is 22.3. The number of hydrogen-bond donors (Lipinski definition) is 2. The zero-order valence-electron chi connectivity index (χ0n) is 19.5. The van der Waals surface area contributed by atoms with Crippen LogP contribution in [0.5, 0.6) is 0 Å². The fraction of sp³-hybridized carbons (Fsp3) is 0.583. The number of aliphatic imine (C=N–C) groups is 1. The first-order valence-electron chi connectivity index (χ1n) is 11.2. The lowest BCUT2D eigenvalue weighted by Gasteiger charge is -2.33. The quantitative estimate of drug-likeness (QED) is 0.544. The van der Waals surface area contributed by atoms with Crippen LogP contribution in [-0.2, 0) is 26.4 Å². The van der Waals surface area contributed by atoms with Gasteiger partial charge in [-0.3, -0.25) is 14.6 Å². The summed E-state index contributed by atoms with van der Waals surface area (Å²) in [6.07, 6.45) is 2.07. The second-order valence-corrected chi connectivity index (χ2v) is 8.58. The highest BCUT2D eigenvalue weighted by Gasteiger charge is 2.20. The van der Waals surface area contributed by atoms with Gasteiger partial charge in [-0.15, -0.1) is 0 Å². The number of nitrogens with zero attached hydrogens (tertiary/aromatic N) is 4. The van der Waals surface area contributed by atoms with Gasteiger partial charge in [-0.1, -0.05) is 24.3 Å². The zero-order chi connectivity index (χ0) is 21.7. The minimum atomic E-state index is 0.279. The van der Waals surface area contributed by atoms with E-state index in [4.69, 9.17) is 4.99 Å². The fourth-order valence-corrected chi connectivity index (χ4v) is 4.26. The topological polar surface area (TPSA) is 57.5 Å². The molecule has 2 aromatic rings. The van der Waals surface area contributed by atoms with E-state index in [1.54, 1.807) is 0 Å². The molecule has 164 valence electrons. The van der Waals surface area contributed by atoms with Crippen LogP contribution >= 0.6 is 0 Å². The molecule has 2 atom stereocenters. The van der Waals surface area contributed by atoms with Crippen molar-refractivity contribution in [2.45, 2.75) is 66.1 Å². The molecule has 2 unspecified atom stereocenters. The molecule has 1 aliphatic rings. The van der Waals surface area contributed by atoms with Gasteiger partial charge in [0.15, 0.2) is 5.96 Å². The van der Waals surface area contributed by atoms with Crippen molar-refractivity contribution < 1.29 is 0 Å². The summed E-state index contributed by atoms with van der Waals surface area (Å²) >= 11 is 0. The Morgan fingerprint density at radius 2 is 1.93 bits per heavy atom. The predicted molar refractivity (Wildman–Crippen MR) is 125 cm³/mol. The average Bonchev–Trinajstić information content (AvgIpc) is 2.97. The molecule has 6 heteroatoms. The fourth-order valence-electron chi connectivity index (χ4n) is 4.26. The van der Waals surface area contributed by atoms with Gasteiger partial charge in [-0.25, -0.2) is 0 Å². The van der Waals surface area contributed by atoms with E-state index in [2.05, 4.69) is 79.5 Å². The first-order valence-corrected chi connectivity index (χ1v) is 11.2. The molecule has 0 bridgehead atoms. The number of hydrogen-bond acceptors (Lipinski definition) is 3. The molecule has 1 aromatic carbocycles. The van der Waals surface area contributed by atoms with Crippen molar-refractivity contribution >= 4 is 5.96 Å². The Kier molecular flexibility index (Phi) is 7.53. The summed E-state index contributed by atoms with van der Waals surface area (Å²) in [5.74, 6) is 0.897. The van der Waals surface area contributed by atoms with Gasteiger partial charge in [0.05, 0.1) is 12.2 Å². The average molecular weight is 411 g/mol. The van der Waals surface area contributed by atoms with Crippen LogP contribution in [0.4, 0.5) is 0 Å². The molecule has 0 saturated carbocycles. The normalized spacial score (nSPS) is 16.8. The molecule has 0 radical (unpaired) electrons. The second-order valence-electron chi connectivity index (χ2n) is 8.58. The maximum Gasteiger partial charge on any atom is 0.191 e. The summed E-state index contributed by atoms with van der Waals surface area (Å²) in [6.45, 7) is 14.6. The van der Waals surface area contributed by atoms with Gasteiger partial charge < -0.3 is 10.6 Å². The van der Waals surface area contributed by atoms with Crippen molar-refractivity contribution in [3.63, 3.8) is 0 Å². The van der Waals surface area contributed by atoms with Gasteiger partial charge in [0, 0.05) is 44.5 Å². The summed E-state index contributed by atoms with van der Waals surface area (Å²) in [5.41, 5.74) is 6.63. The van der Waals surface area contributed by atoms with Crippen LogP contribution in [0.1, 0.15) is 48.8 Å². The molecule has 0 fully saturated rings. The third-order valence-electron chi connectivity index (χ3n) is 6.19. The number of nitrogens with one attached hydrogen (secondary N) is 2. The minimum Gasteiger partial charge on any atom is -0.357 e. The summed E-state index contributed by atoms with van der Waals surface area (Å²) < 4.78 is 1.97. The maximum absolute atomic E-state index is 4.91. The standard InChI is InChI=1S/C24H38N6/c1-7-25-24(27-17(2)14-23-19(4)28-29(6)20(23)5)26-15-18(3)30-13-12-21-10-8-9-11-22(21)16-30/h8-11,17-18H,7,12-16H2,1-6H3,(H2,25,26,27). The number of aryl methyl sites for hydroxylation is 2. The van der Waals surface area contributed by atoms with Crippen molar-refractivity contribution in [2.24, 2.45) is 12.0 Å². The van der Waals surface area contributed by atoms with E-state index in [9.17, 15) is 0 Å². The van der Waals surface area contributed by atoms with Crippen LogP contribution < -0.4 is 10.6 Å². The van der Waals surface area contributed by atoms with Crippen molar-refractivity contribution in [3.05, 3.63) is 52.3 Å².